The molecule has 0 radical (unpaired) electrons. The molecular formula is C16H23ClN2O3S. The number of nitrogens with zero attached hydrogens (tertiary/aromatic N) is 1. The largest absolute Gasteiger partial charge is 0.331 e. The zero-order valence-corrected chi connectivity index (χ0v) is 14.8. The zero-order chi connectivity index (χ0) is 15.7. The third-order valence-corrected chi connectivity index (χ3v) is 6.51. The standard InChI is InChI=1S/C16H22N2O3S.ClH/c1-2-22(20,21)15-6-4-3-5-14(15)16(19)18-12-7-8-13(18)11-17-10-9-12;/h3-6,12-13,17H,2,7-11H2,1H3;1H. The molecule has 3 rings (SSSR count). The molecule has 0 saturated carbocycles. The molecule has 2 atom stereocenters. The summed E-state index contributed by atoms with van der Waals surface area (Å²) in [4.78, 5) is 15.1. The molecule has 2 saturated heterocycles. The van der Waals surface area contributed by atoms with Gasteiger partial charge in [0.05, 0.1) is 16.2 Å². The summed E-state index contributed by atoms with van der Waals surface area (Å²) < 4.78 is 24.5. The number of halogens is 1. The molecule has 2 aliphatic heterocycles. The maximum Gasteiger partial charge on any atom is 0.255 e. The first-order valence-corrected chi connectivity index (χ1v) is 9.55. The molecule has 5 nitrogen and oxygen atoms in total. The number of amides is 1. The Morgan fingerprint density at radius 1 is 1.22 bits per heavy atom. The Bertz CT molecular complexity index is 664. The van der Waals surface area contributed by atoms with Gasteiger partial charge in [-0.1, -0.05) is 19.1 Å². The van der Waals surface area contributed by atoms with Gasteiger partial charge in [0.15, 0.2) is 9.84 Å². The van der Waals surface area contributed by atoms with Crippen molar-refractivity contribution in [1.29, 1.82) is 0 Å². The van der Waals surface area contributed by atoms with Crippen molar-refractivity contribution >= 4 is 28.2 Å². The molecule has 0 aliphatic carbocycles. The lowest BCUT2D eigenvalue weighted by Crippen LogP contribution is -2.43. The Labute approximate surface area is 143 Å². The summed E-state index contributed by atoms with van der Waals surface area (Å²) >= 11 is 0. The smallest absolute Gasteiger partial charge is 0.255 e. The zero-order valence-electron chi connectivity index (χ0n) is 13.2. The molecular weight excluding hydrogens is 336 g/mol. The van der Waals surface area contributed by atoms with E-state index in [1.54, 1.807) is 31.2 Å². The molecule has 7 heteroatoms. The molecule has 0 aromatic heterocycles. The first kappa shape index (κ1) is 18.2. The van der Waals surface area contributed by atoms with Crippen molar-refractivity contribution in [2.24, 2.45) is 0 Å². The van der Waals surface area contributed by atoms with Gasteiger partial charge in [-0.2, -0.15) is 0 Å². The second-order valence-electron chi connectivity index (χ2n) is 5.99. The van der Waals surface area contributed by atoms with Gasteiger partial charge in [-0.25, -0.2) is 8.42 Å². The highest BCUT2D eigenvalue weighted by molar-refractivity contribution is 7.91. The normalized spacial score (nSPS) is 24.0. The lowest BCUT2D eigenvalue weighted by atomic mass is 10.1. The Kier molecular flexibility index (Phi) is 5.70. The van der Waals surface area contributed by atoms with E-state index in [2.05, 4.69) is 5.32 Å². The van der Waals surface area contributed by atoms with Gasteiger partial charge in [-0.05, 0) is 37.9 Å². The molecule has 0 spiro atoms. The fraction of sp³-hybridized carbons (Fsp3) is 0.562. The van der Waals surface area contributed by atoms with E-state index in [-0.39, 0.29) is 41.0 Å². The van der Waals surface area contributed by atoms with Gasteiger partial charge in [-0.3, -0.25) is 4.79 Å². The van der Waals surface area contributed by atoms with Crippen molar-refractivity contribution in [3.8, 4) is 0 Å². The Hall–Kier alpha value is -1.11. The van der Waals surface area contributed by atoms with E-state index >= 15 is 0 Å². The van der Waals surface area contributed by atoms with Crippen LogP contribution in [0.25, 0.3) is 0 Å². The predicted octanol–water partition coefficient (Wildman–Crippen LogP) is 1.87. The van der Waals surface area contributed by atoms with Gasteiger partial charge in [0, 0.05) is 18.6 Å². The van der Waals surface area contributed by atoms with E-state index in [0.717, 1.165) is 32.4 Å². The highest BCUT2D eigenvalue weighted by Crippen LogP contribution is 2.31. The molecule has 2 bridgehead atoms. The van der Waals surface area contributed by atoms with Gasteiger partial charge < -0.3 is 10.2 Å². The van der Waals surface area contributed by atoms with E-state index in [1.165, 1.54) is 0 Å². The number of hydrogen-bond acceptors (Lipinski definition) is 4. The van der Waals surface area contributed by atoms with Crippen LogP contribution in [0.1, 0.15) is 36.5 Å². The first-order valence-electron chi connectivity index (χ1n) is 7.89. The highest BCUT2D eigenvalue weighted by atomic mass is 35.5. The van der Waals surface area contributed by atoms with Crippen molar-refractivity contribution in [2.75, 3.05) is 18.8 Å². The van der Waals surface area contributed by atoms with Crippen LogP contribution in [0.4, 0.5) is 0 Å². The number of fused-ring (bicyclic) bond motifs is 2. The Morgan fingerprint density at radius 2 is 1.91 bits per heavy atom. The maximum absolute atomic E-state index is 13.0. The van der Waals surface area contributed by atoms with Gasteiger partial charge in [0.2, 0.25) is 0 Å². The average Bonchev–Trinajstić information content (AvgIpc) is 2.79. The summed E-state index contributed by atoms with van der Waals surface area (Å²) in [6, 6.07) is 7.01. The summed E-state index contributed by atoms with van der Waals surface area (Å²) in [6.45, 7) is 3.32. The van der Waals surface area contributed by atoms with Crippen LogP contribution in [-0.4, -0.2) is 50.2 Å². The topological polar surface area (TPSA) is 66.5 Å². The second-order valence-corrected chi connectivity index (χ2v) is 8.24. The fourth-order valence-electron chi connectivity index (χ4n) is 3.52. The monoisotopic (exact) mass is 358 g/mol. The number of nitrogens with one attached hydrogen (secondary N) is 1. The third kappa shape index (κ3) is 3.39. The van der Waals surface area contributed by atoms with E-state index in [0.29, 0.717) is 5.56 Å². The van der Waals surface area contributed by atoms with E-state index in [1.807, 2.05) is 4.90 Å². The third-order valence-electron chi connectivity index (χ3n) is 4.72. The van der Waals surface area contributed by atoms with Gasteiger partial charge in [0.25, 0.3) is 5.91 Å². The highest BCUT2D eigenvalue weighted by Gasteiger charge is 2.39. The van der Waals surface area contributed by atoms with Crippen molar-refractivity contribution in [3.63, 3.8) is 0 Å². The van der Waals surface area contributed by atoms with Crippen molar-refractivity contribution in [1.82, 2.24) is 10.2 Å². The summed E-state index contributed by atoms with van der Waals surface area (Å²) in [7, 11) is -3.40. The molecule has 1 N–H and O–H groups in total. The SMILES string of the molecule is CCS(=O)(=O)c1ccccc1C(=O)N1C2CCNCC1CC2.Cl. The van der Waals surface area contributed by atoms with Crippen LogP contribution >= 0.6 is 12.4 Å². The van der Waals surface area contributed by atoms with Crippen LogP contribution in [0, 0.1) is 0 Å². The van der Waals surface area contributed by atoms with Crippen molar-refractivity contribution in [3.05, 3.63) is 29.8 Å². The van der Waals surface area contributed by atoms with E-state index < -0.39 is 9.84 Å². The molecule has 2 heterocycles. The molecule has 1 aromatic carbocycles. The summed E-state index contributed by atoms with van der Waals surface area (Å²) in [6.07, 6.45) is 2.94. The minimum atomic E-state index is -3.40. The quantitative estimate of drug-likeness (QED) is 0.895. The fourth-order valence-corrected chi connectivity index (χ4v) is 4.61. The second kappa shape index (κ2) is 7.20. The number of carbonyl (C=O) groups excluding carboxylic acids is 1. The molecule has 2 aliphatic rings. The lowest BCUT2D eigenvalue weighted by Gasteiger charge is -2.28. The average molecular weight is 359 g/mol. The number of rotatable bonds is 3. The Morgan fingerprint density at radius 3 is 2.65 bits per heavy atom. The minimum absolute atomic E-state index is 0. The minimum Gasteiger partial charge on any atom is -0.331 e. The van der Waals surface area contributed by atoms with Crippen LogP contribution in [0.2, 0.25) is 0 Å². The van der Waals surface area contributed by atoms with Crippen LogP contribution < -0.4 is 5.32 Å². The van der Waals surface area contributed by atoms with Crippen molar-refractivity contribution < 1.29 is 13.2 Å². The first-order chi connectivity index (χ1) is 10.5. The molecule has 2 fully saturated rings. The molecule has 1 amide bonds. The van der Waals surface area contributed by atoms with Gasteiger partial charge in [0.1, 0.15) is 0 Å². The number of carbonyl (C=O) groups is 1. The van der Waals surface area contributed by atoms with Gasteiger partial charge in [-0.15, -0.1) is 12.4 Å². The molecule has 128 valence electrons. The summed E-state index contributed by atoms with van der Waals surface area (Å²) in [5, 5.41) is 3.36. The number of benzene rings is 1. The summed E-state index contributed by atoms with van der Waals surface area (Å²) in [5.74, 6) is -0.130. The van der Waals surface area contributed by atoms with Crippen molar-refractivity contribution in [2.45, 2.75) is 43.2 Å². The van der Waals surface area contributed by atoms with Crippen LogP contribution in [-0.2, 0) is 9.84 Å². The molecule has 1 aromatic rings. The van der Waals surface area contributed by atoms with E-state index in [9.17, 15) is 13.2 Å². The van der Waals surface area contributed by atoms with Crippen LogP contribution in [0.5, 0.6) is 0 Å². The van der Waals surface area contributed by atoms with Crippen LogP contribution in [0.3, 0.4) is 0 Å². The Balaban J connectivity index is 0.00000192. The van der Waals surface area contributed by atoms with Gasteiger partial charge >= 0.3 is 0 Å². The molecule has 2 unspecified atom stereocenters. The predicted molar refractivity (Wildman–Crippen MR) is 91.9 cm³/mol. The number of hydrogen-bond donors (Lipinski definition) is 1. The maximum atomic E-state index is 13.0. The van der Waals surface area contributed by atoms with E-state index in [4.69, 9.17) is 0 Å². The number of sulfone groups is 1. The van der Waals surface area contributed by atoms with Crippen LogP contribution in [0.15, 0.2) is 29.2 Å². The summed E-state index contributed by atoms with van der Waals surface area (Å²) in [5.41, 5.74) is 0.322. The molecule has 23 heavy (non-hydrogen) atoms. The lowest BCUT2D eigenvalue weighted by molar-refractivity contribution is 0.0676.